The fourth-order valence-electron chi connectivity index (χ4n) is 1.14. The van der Waals surface area contributed by atoms with Crippen LogP contribution < -0.4 is 10.1 Å². The molecule has 92 valence electrons. The first kappa shape index (κ1) is 14.1. The van der Waals surface area contributed by atoms with E-state index in [9.17, 15) is 5.11 Å². The van der Waals surface area contributed by atoms with Gasteiger partial charge in [0.05, 0.1) is 11.6 Å². The molecule has 0 amide bonds. The smallest absolute Gasteiger partial charge is 0.139 e. The van der Waals surface area contributed by atoms with Crippen LogP contribution in [-0.2, 0) is 0 Å². The van der Waals surface area contributed by atoms with Crippen LogP contribution in [0.25, 0.3) is 0 Å². The van der Waals surface area contributed by atoms with Gasteiger partial charge in [0.15, 0.2) is 0 Å². The Bertz CT molecular complexity index is 404. The van der Waals surface area contributed by atoms with Crippen LogP contribution in [-0.4, -0.2) is 30.9 Å². The lowest BCUT2D eigenvalue weighted by molar-refractivity contribution is 0.107. The Hall–Kier alpha value is -0.920. The Morgan fingerprint density at radius 1 is 1.47 bits per heavy atom. The summed E-state index contributed by atoms with van der Waals surface area (Å²) in [4.78, 5) is 0. The average Bonchev–Trinajstić information content (AvgIpc) is 2.31. The van der Waals surface area contributed by atoms with Crippen LogP contribution in [0.15, 0.2) is 18.2 Å². The number of aliphatic hydroxyl groups is 1. The fourth-order valence-corrected chi connectivity index (χ4v) is 1.48. The van der Waals surface area contributed by atoms with Crippen molar-refractivity contribution in [1.82, 2.24) is 5.32 Å². The molecule has 0 bridgehead atoms. The fraction of sp³-hybridized carbons (Fsp3) is 0.333. The van der Waals surface area contributed by atoms with E-state index in [2.05, 4.69) is 11.2 Å². The van der Waals surface area contributed by atoms with Gasteiger partial charge in [-0.1, -0.05) is 29.1 Å². The molecule has 5 heteroatoms. The van der Waals surface area contributed by atoms with Gasteiger partial charge < -0.3 is 15.2 Å². The van der Waals surface area contributed by atoms with Crippen molar-refractivity contribution in [2.24, 2.45) is 0 Å². The van der Waals surface area contributed by atoms with Gasteiger partial charge in [-0.2, -0.15) is 0 Å². The molecule has 2 N–H and O–H groups in total. The molecule has 0 saturated heterocycles. The first-order valence-corrected chi connectivity index (χ1v) is 5.79. The number of halogens is 2. The molecule has 0 aliphatic heterocycles. The van der Waals surface area contributed by atoms with E-state index in [1.807, 2.05) is 0 Å². The number of rotatable bonds is 6. The number of aliphatic hydroxyl groups excluding tert-OH is 1. The minimum atomic E-state index is -0.654. The molecule has 1 aromatic carbocycles. The largest absolute Gasteiger partial charge is 0.489 e. The van der Waals surface area contributed by atoms with E-state index >= 15 is 0 Å². The van der Waals surface area contributed by atoms with E-state index in [1.54, 1.807) is 18.2 Å². The van der Waals surface area contributed by atoms with Crippen molar-refractivity contribution in [2.75, 3.05) is 19.7 Å². The monoisotopic (exact) mass is 273 g/mol. The Labute approximate surface area is 111 Å². The molecule has 1 unspecified atom stereocenters. The summed E-state index contributed by atoms with van der Waals surface area (Å²) in [6.07, 6.45) is 4.40. The molecule has 1 atom stereocenters. The number of terminal acetylenes is 1. The zero-order valence-electron chi connectivity index (χ0n) is 9.12. The van der Waals surface area contributed by atoms with Crippen molar-refractivity contribution < 1.29 is 9.84 Å². The van der Waals surface area contributed by atoms with E-state index in [0.29, 0.717) is 28.9 Å². The van der Waals surface area contributed by atoms with Crippen LogP contribution in [0, 0.1) is 12.3 Å². The summed E-state index contributed by atoms with van der Waals surface area (Å²) in [6.45, 7) is 0.898. The highest BCUT2D eigenvalue weighted by molar-refractivity contribution is 6.34. The predicted octanol–water partition coefficient (Wildman–Crippen LogP) is 1.96. The highest BCUT2D eigenvalue weighted by Crippen LogP contribution is 2.27. The van der Waals surface area contributed by atoms with Crippen molar-refractivity contribution in [1.29, 1.82) is 0 Å². The Kier molecular flexibility index (Phi) is 6.17. The van der Waals surface area contributed by atoms with Gasteiger partial charge in [-0.3, -0.25) is 0 Å². The van der Waals surface area contributed by atoms with Crippen molar-refractivity contribution in [3.8, 4) is 18.1 Å². The number of benzene rings is 1. The molecular weight excluding hydrogens is 261 g/mol. The molecule has 0 fully saturated rings. The van der Waals surface area contributed by atoms with E-state index in [-0.39, 0.29) is 6.61 Å². The van der Waals surface area contributed by atoms with E-state index in [1.165, 1.54) is 0 Å². The predicted molar refractivity (Wildman–Crippen MR) is 69.7 cm³/mol. The number of ether oxygens (including phenoxy) is 1. The summed E-state index contributed by atoms with van der Waals surface area (Å²) in [7, 11) is 0. The minimum absolute atomic E-state index is 0.123. The molecule has 17 heavy (non-hydrogen) atoms. The molecule has 0 aliphatic rings. The standard InChI is InChI=1S/C12H13Cl2NO2/c1-2-5-15-7-10(16)8-17-12-6-9(13)3-4-11(12)14/h1,3-4,6,10,15-16H,5,7-8H2. The number of hydrogen-bond donors (Lipinski definition) is 2. The molecule has 3 nitrogen and oxygen atoms in total. The summed E-state index contributed by atoms with van der Waals surface area (Å²) < 4.78 is 5.35. The van der Waals surface area contributed by atoms with Gasteiger partial charge in [0.25, 0.3) is 0 Å². The third-order valence-corrected chi connectivity index (χ3v) is 2.48. The third kappa shape index (κ3) is 5.29. The van der Waals surface area contributed by atoms with Crippen molar-refractivity contribution >= 4 is 23.2 Å². The third-order valence-electron chi connectivity index (χ3n) is 1.93. The quantitative estimate of drug-likeness (QED) is 0.615. The van der Waals surface area contributed by atoms with Crippen molar-refractivity contribution in [3.05, 3.63) is 28.2 Å². The summed E-state index contributed by atoms with van der Waals surface area (Å²) in [6, 6.07) is 4.91. The molecule has 0 radical (unpaired) electrons. The van der Waals surface area contributed by atoms with Crippen LogP contribution in [0.3, 0.4) is 0 Å². The maximum absolute atomic E-state index is 9.57. The molecule has 1 aromatic rings. The van der Waals surface area contributed by atoms with Crippen LogP contribution in [0.2, 0.25) is 10.0 Å². The minimum Gasteiger partial charge on any atom is -0.489 e. The highest BCUT2D eigenvalue weighted by Gasteiger charge is 2.07. The van der Waals surface area contributed by atoms with Gasteiger partial charge in [-0.25, -0.2) is 0 Å². The Morgan fingerprint density at radius 3 is 2.94 bits per heavy atom. The van der Waals surface area contributed by atoms with Crippen molar-refractivity contribution in [2.45, 2.75) is 6.10 Å². The number of hydrogen-bond acceptors (Lipinski definition) is 3. The lowest BCUT2D eigenvalue weighted by atomic mass is 10.3. The molecule has 0 spiro atoms. The summed E-state index contributed by atoms with van der Waals surface area (Å²) in [5.41, 5.74) is 0. The van der Waals surface area contributed by atoms with Crippen LogP contribution in [0.4, 0.5) is 0 Å². The average molecular weight is 274 g/mol. The van der Waals surface area contributed by atoms with Gasteiger partial charge in [-0.15, -0.1) is 6.42 Å². The molecule has 0 saturated carbocycles. The van der Waals surface area contributed by atoms with Gasteiger partial charge in [-0.05, 0) is 12.1 Å². The first-order valence-electron chi connectivity index (χ1n) is 5.03. The summed E-state index contributed by atoms with van der Waals surface area (Å²) in [5.74, 6) is 2.87. The second-order valence-electron chi connectivity index (χ2n) is 3.37. The number of nitrogens with one attached hydrogen (secondary N) is 1. The van der Waals surface area contributed by atoms with Gasteiger partial charge in [0, 0.05) is 17.6 Å². The van der Waals surface area contributed by atoms with Crippen LogP contribution in [0.5, 0.6) is 5.75 Å². The lowest BCUT2D eigenvalue weighted by Crippen LogP contribution is -2.31. The zero-order valence-corrected chi connectivity index (χ0v) is 10.6. The highest BCUT2D eigenvalue weighted by atomic mass is 35.5. The maximum atomic E-state index is 9.57. The zero-order chi connectivity index (χ0) is 12.7. The Morgan fingerprint density at radius 2 is 2.24 bits per heavy atom. The van der Waals surface area contributed by atoms with E-state index in [4.69, 9.17) is 34.4 Å². The summed E-state index contributed by atoms with van der Waals surface area (Å²) >= 11 is 11.7. The maximum Gasteiger partial charge on any atom is 0.139 e. The SMILES string of the molecule is C#CCNCC(O)COc1cc(Cl)ccc1Cl. The van der Waals surface area contributed by atoms with Gasteiger partial charge in [0.1, 0.15) is 18.5 Å². The summed E-state index contributed by atoms with van der Waals surface area (Å²) in [5, 5.41) is 13.4. The molecule has 0 heterocycles. The Balaban J connectivity index is 2.39. The van der Waals surface area contributed by atoms with Gasteiger partial charge in [0.2, 0.25) is 0 Å². The molecule has 0 aromatic heterocycles. The molecule has 1 rings (SSSR count). The van der Waals surface area contributed by atoms with E-state index < -0.39 is 6.10 Å². The van der Waals surface area contributed by atoms with Crippen molar-refractivity contribution in [3.63, 3.8) is 0 Å². The normalized spacial score (nSPS) is 11.9. The second-order valence-corrected chi connectivity index (χ2v) is 4.22. The van der Waals surface area contributed by atoms with E-state index in [0.717, 1.165) is 0 Å². The van der Waals surface area contributed by atoms with Gasteiger partial charge >= 0.3 is 0 Å². The lowest BCUT2D eigenvalue weighted by Gasteiger charge is -2.13. The molecule has 0 aliphatic carbocycles. The topological polar surface area (TPSA) is 41.5 Å². The molecular formula is C12H13Cl2NO2. The van der Waals surface area contributed by atoms with Crippen LogP contribution >= 0.6 is 23.2 Å². The first-order chi connectivity index (χ1) is 8.13. The second kappa shape index (κ2) is 7.41. The van der Waals surface area contributed by atoms with Crippen LogP contribution in [0.1, 0.15) is 0 Å².